The molecule has 6 heteroatoms. The van der Waals surface area contributed by atoms with Crippen molar-refractivity contribution < 1.29 is 0 Å². The van der Waals surface area contributed by atoms with Gasteiger partial charge in [-0.15, -0.1) is 0 Å². The van der Waals surface area contributed by atoms with Crippen LogP contribution in [0.2, 0.25) is 0 Å². The molecule has 296 valence electrons. The maximum Gasteiger partial charge on any atom is 0.165 e. The second-order valence-corrected chi connectivity index (χ2v) is 16.2. The summed E-state index contributed by atoms with van der Waals surface area (Å²) in [6, 6.07) is 71.7. The lowest BCUT2D eigenvalue weighted by molar-refractivity contribution is 1.06. The molecular formula is C58H34N6. The molecule has 0 amide bonds. The van der Waals surface area contributed by atoms with E-state index in [4.69, 9.17) is 29.9 Å². The third kappa shape index (κ3) is 5.66. The van der Waals surface area contributed by atoms with E-state index in [9.17, 15) is 0 Å². The molecule has 0 radical (unpaired) electrons. The summed E-state index contributed by atoms with van der Waals surface area (Å²) in [5.41, 5.74) is 5.20. The van der Waals surface area contributed by atoms with Gasteiger partial charge in [0, 0.05) is 33.4 Å². The number of hydrogen-bond acceptors (Lipinski definition) is 6. The minimum atomic E-state index is 0.526. The van der Waals surface area contributed by atoms with Crippen LogP contribution in [0.15, 0.2) is 206 Å². The molecule has 0 saturated heterocycles. The summed E-state index contributed by atoms with van der Waals surface area (Å²) in [4.78, 5) is 32.0. The van der Waals surface area contributed by atoms with Gasteiger partial charge < -0.3 is 0 Å². The number of nitrogens with zero attached hydrogens (tertiary/aromatic N) is 6. The van der Waals surface area contributed by atoms with Crippen LogP contribution in [0.1, 0.15) is 0 Å². The zero-order chi connectivity index (χ0) is 42.1. The number of rotatable bonds is 6. The van der Waals surface area contributed by atoms with Crippen molar-refractivity contribution in [1.82, 2.24) is 29.9 Å². The van der Waals surface area contributed by atoms with Crippen molar-refractivity contribution >= 4 is 64.6 Å². The van der Waals surface area contributed by atoms with Gasteiger partial charge in [0.1, 0.15) is 0 Å². The first-order valence-electron chi connectivity index (χ1n) is 21.5. The van der Waals surface area contributed by atoms with Crippen molar-refractivity contribution in [1.29, 1.82) is 0 Å². The molecular weight excluding hydrogens is 781 g/mol. The lowest BCUT2D eigenvalue weighted by Gasteiger charge is -2.21. The van der Waals surface area contributed by atoms with Gasteiger partial charge in [-0.25, -0.2) is 29.9 Å². The lowest BCUT2D eigenvalue weighted by atomic mass is 9.84. The molecule has 0 atom stereocenters. The smallest absolute Gasteiger partial charge is 0.165 e. The minimum Gasteiger partial charge on any atom is -0.208 e. The van der Waals surface area contributed by atoms with E-state index in [0.717, 1.165) is 65.7 Å². The second-order valence-electron chi connectivity index (χ2n) is 16.2. The Morgan fingerprint density at radius 2 is 0.453 bits per heavy atom. The Labute approximate surface area is 367 Å². The first-order valence-corrected chi connectivity index (χ1v) is 21.5. The van der Waals surface area contributed by atoms with Crippen LogP contribution in [0.25, 0.3) is 133 Å². The number of hydrogen-bond donors (Lipinski definition) is 0. The molecule has 0 aliphatic heterocycles. The van der Waals surface area contributed by atoms with Crippen molar-refractivity contribution in [2.75, 3.05) is 0 Å². The fourth-order valence-corrected chi connectivity index (χ4v) is 9.69. The Bertz CT molecular complexity index is 3560. The highest BCUT2D eigenvalue weighted by Gasteiger charge is 2.27. The van der Waals surface area contributed by atoms with Gasteiger partial charge in [-0.1, -0.05) is 206 Å². The van der Waals surface area contributed by atoms with Crippen LogP contribution in [0.5, 0.6) is 0 Å². The molecule has 0 aliphatic carbocycles. The van der Waals surface area contributed by atoms with Crippen molar-refractivity contribution in [2.45, 2.75) is 0 Å². The largest absolute Gasteiger partial charge is 0.208 e. The van der Waals surface area contributed by atoms with Crippen LogP contribution in [-0.2, 0) is 0 Å². The molecule has 0 N–H and O–H groups in total. The fourth-order valence-electron chi connectivity index (χ4n) is 9.69. The first-order chi connectivity index (χ1) is 31.7. The monoisotopic (exact) mass is 814 g/mol. The molecule has 2 aromatic heterocycles. The van der Waals surface area contributed by atoms with Gasteiger partial charge in [0.05, 0.1) is 0 Å². The van der Waals surface area contributed by atoms with Crippen LogP contribution in [0, 0.1) is 0 Å². The molecule has 64 heavy (non-hydrogen) atoms. The van der Waals surface area contributed by atoms with E-state index in [0.29, 0.717) is 34.9 Å². The van der Waals surface area contributed by atoms with Gasteiger partial charge in [0.2, 0.25) is 0 Å². The Morgan fingerprint density at radius 1 is 0.188 bits per heavy atom. The molecule has 0 unspecified atom stereocenters. The van der Waals surface area contributed by atoms with E-state index in [1.54, 1.807) is 0 Å². The third-order valence-corrected chi connectivity index (χ3v) is 12.5. The predicted octanol–water partition coefficient (Wildman–Crippen LogP) is 14.4. The van der Waals surface area contributed by atoms with Crippen molar-refractivity contribution in [3.63, 3.8) is 0 Å². The summed E-state index contributed by atoms with van der Waals surface area (Å²) in [6.07, 6.45) is 0. The second kappa shape index (κ2) is 14.4. The molecule has 11 aromatic carbocycles. The summed E-state index contributed by atoms with van der Waals surface area (Å²) in [5.74, 6) is 3.35. The topological polar surface area (TPSA) is 77.3 Å². The van der Waals surface area contributed by atoms with Crippen molar-refractivity contribution in [2.24, 2.45) is 0 Å². The summed E-state index contributed by atoms with van der Waals surface area (Å²) in [5, 5.41) is 13.7. The highest BCUT2D eigenvalue weighted by Crippen LogP contribution is 2.49. The van der Waals surface area contributed by atoms with E-state index in [2.05, 4.69) is 84.9 Å². The van der Waals surface area contributed by atoms with E-state index in [1.165, 1.54) is 32.3 Å². The zero-order valence-electron chi connectivity index (χ0n) is 34.3. The fraction of sp³-hybridized carbons (Fsp3) is 0. The van der Waals surface area contributed by atoms with E-state index < -0.39 is 0 Å². The zero-order valence-corrected chi connectivity index (χ0v) is 34.3. The van der Waals surface area contributed by atoms with E-state index >= 15 is 0 Å². The average Bonchev–Trinajstić information content (AvgIpc) is 3.37. The minimum absolute atomic E-state index is 0.526. The Hall–Kier alpha value is -8.74. The number of benzene rings is 10. The Morgan fingerprint density at radius 3 is 0.781 bits per heavy atom. The standard InChI is InChI=1S/C58H34N6/c1-5-17-37(18-6-1)53-59-54(38-19-7-2-8-20-38)62-57(61-53)51-45-31-15-29-43-41-27-13-25-35-33-34-36-26-14-28-42(48(36)47(35)41)44-30-16-32-46(50(44)49(43)45)52(51)58-63-55(39-21-9-3-10-22-39)60-56(64-58)40-23-11-4-12-24-40/h1-34H. The number of fused-ring (bicyclic) bond motifs is 2. The predicted molar refractivity (Wildman–Crippen MR) is 262 cm³/mol. The maximum absolute atomic E-state index is 5.43. The first kappa shape index (κ1) is 36.0. The van der Waals surface area contributed by atoms with Crippen LogP contribution < -0.4 is 0 Å². The number of aromatic nitrogens is 6. The van der Waals surface area contributed by atoms with Crippen LogP contribution in [0.4, 0.5) is 0 Å². The molecule has 13 aromatic rings. The van der Waals surface area contributed by atoms with Crippen molar-refractivity contribution in [3.05, 3.63) is 206 Å². The molecule has 0 aliphatic rings. The molecule has 0 saturated carbocycles. The quantitative estimate of drug-likeness (QED) is 0.156. The van der Waals surface area contributed by atoms with Gasteiger partial charge in [0.15, 0.2) is 34.9 Å². The molecule has 13 rings (SSSR count). The molecule has 0 spiro atoms. The van der Waals surface area contributed by atoms with Crippen LogP contribution >= 0.6 is 0 Å². The molecule has 6 nitrogen and oxygen atoms in total. The van der Waals surface area contributed by atoms with Crippen molar-refractivity contribution in [3.8, 4) is 68.3 Å². The maximum atomic E-state index is 5.43. The Kier molecular flexibility index (Phi) is 8.11. The van der Waals surface area contributed by atoms with Gasteiger partial charge in [0.25, 0.3) is 0 Å². The summed E-state index contributed by atoms with van der Waals surface area (Å²) < 4.78 is 0. The summed E-state index contributed by atoms with van der Waals surface area (Å²) in [7, 11) is 0. The van der Waals surface area contributed by atoms with Gasteiger partial charge in [-0.05, 0) is 64.6 Å². The van der Waals surface area contributed by atoms with E-state index in [-0.39, 0.29) is 0 Å². The Balaban J connectivity index is 1.28. The van der Waals surface area contributed by atoms with Crippen LogP contribution in [-0.4, -0.2) is 29.9 Å². The van der Waals surface area contributed by atoms with Gasteiger partial charge >= 0.3 is 0 Å². The lowest BCUT2D eigenvalue weighted by Crippen LogP contribution is -2.05. The highest BCUT2D eigenvalue weighted by atomic mass is 15.1. The van der Waals surface area contributed by atoms with E-state index in [1.807, 2.05) is 121 Å². The third-order valence-electron chi connectivity index (χ3n) is 12.5. The average molecular weight is 815 g/mol. The van der Waals surface area contributed by atoms with Gasteiger partial charge in [-0.2, -0.15) is 0 Å². The summed E-state index contributed by atoms with van der Waals surface area (Å²) in [6.45, 7) is 0. The molecule has 2 heterocycles. The normalized spacial score (nSPS) is 11.8. The summed E-state index contributed by atoms with van der Waals surface area (Å²) >= 11 is 0. The van der Waals surface area contributed by atoms with Crippen LogP contribution in [0.3, 0.4) is 0 Å². The highest BCUT2D eigenvalue weighted by molar-refractivity contribution is 6.39. The molecule has 0 fully saturated rings. The SMILES string of the molecule is c1ccc(-c2nc(-c3ccccc3)nc(-c3c(-c4nc(-c5ccccc5)nc(-c5ccccc5)n4)c4cccc5c6cccc7ccc8cccc(c9cccc3c9c45)c8c76)n2)cc1. The van der Waals surface area contributed by atoms with Gasteiger partial charge in [-0.3, -0.25) is 0 Å². The molecule has 0 bridgehead atoms.